The van der Waals surface area contributed by atoms with Gasteiger partial charge in [-0.3, -0.25) is 0 Å². The topological polar surface area (TPSA) is 74.7 Å². The Hall–Kier alpha value is -2.63. The van der Waals surface area contributed by atoms with Crippen LogP contribution in [0.3, 0.4) is 0 Å². The lowest BCUT2D eigenvalue weighted by Crippen LogP contribution is -2.19. The van der Waals surface area contributed by atoms with Gasteiger partial charge in [0, 0.05) is 24.0 Å². The summed E-state index contributed by atoms with van der Waals surface area (Å²) in [4.78, 5) is 6.08. The highest BCUT2D eigenvalue weighted by Gasteiger charge is 2.11. The SMILES string of the molecule is CCN(c1cccc(F)c1)c1cc(C(N)=NO)ccn1. The van der Waals surface area contributed by atoms with E-state index in [1.165, 1.54) is 12.1 Å². The Morgan fingerprint density at radius 2 is 2.20 bits per heavy atom. The minimum atomic E-state index is -0.312. The van der Waals surface area contributed by atoms with E-state index in [1.54, 1.807) is 30.5 Å². The summed E-state index contributed by atoms with van der Waals surface area (Å²) in [6.45, 7) is 2.54. The summed E-state index contributed by atoms with van der Waals surface area (Å²) in [7, 11) is 0. The summed E-state index contributed by atoms with van der Waals surface area (Å²) < 4.78 is 13.3. The van der Waals surface area contributed by atoms with Crippen molar-refractivity contribution in [3.63, 3.8) is 0 Å². The maximum absolute atomic E-state index is 13.3. The molecule has 0 atom stereocenters. The molecule has 104 valence electrons. The second kappa shape index (κ2) is 6.01. The maximum Gasteiger partial charge on any atom is 0.170 e. The lowest BCUT2D eigenvalue weighted by atomic mass is 10.2. The van der Waals surface area contributed by atoms with Crippen molar-refractivity contribution in [3.05, 3.63) is 54.0 Å². The third-order valence-corrected chi connectivity index (χ3v) is 2.86. The third-order valence-electron chi connectivity index (χ3n) is 2.86. The molecule has 2 rings (SSSR count). The van der Waals surface area contributed by atoms with Crippen molar-refractivity contribution in [2.75, 3.05) is 11.4 Å². The van der Waals surface area contributed by atoms with Gasteiger partial charge in [-0.2, -0.15) is 0 Å². The first-order valence-electron chi connectivity index (χ1n) is 6.12. The Morgan fingerprint density at radius 1 is 1.40 bits per heavy atom. The third kappa shape index (κ3) is 2.85. The minimum Gasteiger partial charge on any atom is -0.409 e. The molecule has 1 aromatic carbocycles. The van der Waals surface area contributed by atoms with E-state index in [0.717, 1.165) is 0 Å². The van der Waals surface area contributed by atoms with Gasteiger partial charge in [-0.25, -0.2) is 9.37 Å². The molecule has 0 saturated carbocycles. The Labute approximate surface area is 116 Å². The molecule has 0 saturated heterocycles. The van der Waals surface area contributed by atoms with Crippen LogP contribution in [0.5, 0.6) is 0 Å². The number of pyridine rings is 1. The smallest absolute Gasteiger partial charge is 0.170 e. The fraction of sp³-hybridized carbons (Fsp3) is 0.143. The molecule has 0 bridgehead atoms. The average Bonchev–Trinajstić information content (AvgIpc) is 2.47. The van der Waals surface area contributed by atoms with E-state index >= 15 is 0 Å². The van der Waals surface area contributed by atoms with Gasteiger partial charge in [0.15, 0.2) is 5.84 Å². The highest BCUT2D eigenvalue weighted by molar-refractivity contribution is 5.97. The van der Waals surface area contributed by atoms with E-state index in [0.29, 0.717) is 23.6 Å². The summed E-state index contributed by atoms with van der Waals surface area (Å²) in [5.41, 5.74) is 6.80. The fourth-order valence-corrected chi connectivity index (χ4v) is 1.90. The molecule has 6 heteroatoms. The van der Waals surface area contributed by atoms with Crippen molar-refractivity contribution in [2.45, 2.75) is 6.92 Å². The van der Waals surface area contributed by atoms with Crippen LogP contribution in [0, 0.1) is 5.82 Å². The number of benzene rings is 1. The fourth-order valence-electron chi connectivity index (χ4n) is 1.90. The van der Waals surface area contributed by atoms with E-state index in [2.05, 4.69) is 10.1 Å². The highest BCUT2D eigenvalue weighted by Crippen LogP contribution is 2.24. The van der Waals surface area contributed by atoms with Crippen molar-refractivity contribution in [2.24, 2.45) is 10.9 Å². The Bertz CT molecular complexity index is 630. The molecule has 20 heavy (non-hydrogen) atoms. The van der Waals surface area contributed by atoms with Crippen LogP contribution < -0.4 is 10.6 Å². The zero-order valence-corrected chi connectivity index (χ0v) is 11.0. The van der Waals surface area contributed by atoms with E-state index in [-0.39, 0.29) is 11.7 Å². The number of hydrogen-bond donors (Lipinski definition) is 2. The average molecular weight is 274 g/mol. The van der Waals surface area contributed by atoms with Gasteiger partial charge in [-0.05, 0) is 37.3 Å². The Kier molecular flexibility index (Phi) is 4.14. The zero-order valence-electron chi connectivity index (χ0n) is 11.0. The van der Waals surface area contributed by atoms with Gasteiger partial charge < -0.3 is 15.8 Å². The van der Waals surface area contributed by atoms with E-state index < -0.39 is 0 Å². The summed E-state index contributed by atoms with van der Waals surface area (Å²) in [5.74, 6) is 0.291. The lowest BCUT2D eigenvalue weighted by molar-refractivity contribution is 0.318. The molecular weight excluding hydrogens is 259 g/mol. The van der Waals surface area contributed by atoms with Crippen molar-refractivity contribution in [3.8, 4) is 0 Å². The quantitative estimate of drug-likeness (QED) is 0.389. The molecule has 0 radical (unpaired) electrons. The molecule has 1 aromatic heterocycles. The second-order valence-electron chi connectivity index (χ2n) is 4.11. The molecular formula is C14H15FN4O. The van der Waals surface area contributed by atoms with Gasteiger partial charge in [0.1, 0.15) is 11.6 Å². The molecule has 0 aliphatic heterocycles. The number of amidine groups is 1. The van der Waals surface area contributed by atoms with Crippen LogP contribution in [0.15, 0.2) is 47.8 Å². The molecule has 2 aromatic rings. The van der Waals surface area contributed by atoms with Crippen molar-refractivity contribution >= 4 is 17.3 Å². The zero-order chi connectivity index (χ0) is 14.5. The number of anilines is 2. The number of rotatable bonds is 4. The van der Waals surface area contributed by atoms with Crippen LogP contribution in [0.2, 0.25) is 0 Å². The van der Waals surface area contributed by atoms with Crippen molar-refractivity contribution in [1.82, 2.24) is 4.98 Å². The molecule has 0 fully saturated rings. The number of oxime groups is 1. The second-order valence-corrected chi connectivity index (χ2v) is 4.11. The lowest BCUT2D eigenvalue weighted by Gasteiger charge is -2.22. The van der Waals surface area contributed by atoms with Crippen LogP contribution >= 0.6 is 0 Å². The highest BCUT2D eigenvalue weighted by atomic mass is 19.1. The van der Waals surface area contributed by atoms with E-state index in [4.69, 9.17) is 10.9 Å². The van der Waals surface area contributed by atoms with Gasteiger partial charge in [-0.1, -0.05) is 11.2 Å². The molecule has 5 nitrogen and oxygen atoms in total. The first-order valence-corrected chi connectivity index (χ1v) is 6.12. The summed E-state index contributed by atoms with van der Waals surface area (Å²) in [6.07, 6.45) is 1.56. The minimum absolute atomic E-state index is 0.00365. The largest absolute Gasteiger partial charge is 0.409 e. The normalized spacial score (nSPS) is 11.4. The van der Waals surface area contributed by atoms with Crippen molar-refractivity contribution in [1.29, 1.82) is 0 Å². The Morgan fingerprint density at radius 3 is 2.85 bits per heavy atom. The van der Waals surface area contributed by atoms with Gasteiger partial charge in [0.05, 0.1) is 0 Å². The van der Waals surface area contributed by atoms with Gasteiger partial charge in [-0.15, -0.1) is 0 Å². The molecule has 1 heterocycles. The van der Waals surface area contributed by atoms with Gasteiger partial charge in [0.2, 0.25) is 0 Å². The predicted molar refractivity (Wildman–Crippen MR) is 75.8 cm³/mol. The number of aromatic nitrogens is 1. The Balaban J connectivity index is 2.42. The monoisotopic (exact) mass is 274 g/mol. The van der Waals surface area contributed by atoms with E-state index in [9.17, 15) is 4.39 Å². The number of halogens is 1. The first-order chi connectivity index (χ1) is 9.65. The van der Waals surface area contributed by atoms with E-state index in [1.807, 2.05) is 11.8 Å². The molecule has 0 aliphatic carbocycles. The number of nitrogens with two attached hydrogens (primary N) is 1. The van der Waals surface area contributed by atoms with Crippen LogP contribution in [-0.4, -0.2) is 22.6 Å². The summed E-state index contributed by atoms with van der Waals surface area (Å²) in [6, 6.07) is 9.57. The molecule has 0 amide bonds. The maximum atomic E-state index is 13.3. The standard InChI is InChI=1S/C14H15FN4O/c1-2-19(12-5-3-4-11(15)9-12)13-8-10(6-7-17-13)14(16)18-20/h3-9,20H,2H2,1H3,(H2,16,18). The van der Waals surface area contributed by atoms with Gasteiger partial charge >= 0.3 is 0 Å². The number of nitrogens with zero attached hydrogens (tertiary/aromatic N) is 3. The molecule has 0 aliphatic rings. The van der Waals surface area contributed by atoms with Crippen LogP contribution in [0.25, 0.3) is 0 Å². The summed E-state index contributed by atoms with van der Waals surface area (Å²) in [5, 5.41) is 11.7. The predicted octanol–water partition coefficient (Wildman–Crippen LogP) is 2.47. The summed E-state index contributed by atoms with van der Waals surface area (Å²) >= 11 is 0. The van der Waals surface area contributed by atoms with Gasteiger partial charge in [0.25, 0.3) is 0 Å². The van der Waals surface area contributed by atoms with Crippen LogP contribution in [0.1, 0.15) is 12.5 Å². The first kappa shape index (κ1) is 13.8. The van der Waals surface area contributed by atoms with Crippen molar-refractivity contribution < 1.29 is 9.60 Å². The molecule has 3 N–H and O–H groups in total. The number of hydrogen-bond acceptors (Lipinski definition) is 4. The van der Waals surface area contributed by atoms with Crippen LogP contribution in [0.4, 0.5) is 15.9 Å². The molecule has 0 spiro atoms. The van der Waals surface area contributed by atoms with Crippen LogP contribution in [-0.2, 0) is 0 Å². The molecule has 0 unspecified atom stereocenters.